The number of pyridine rings is 2. The van der Waals surface area contributed by atoms with Crippen molar-refractivity contribution in [1.82, 2.24) is 24.0 Å². The van der Waals surface area contributed by atoms with Crippen LogP contribution in [0.2, 0.25) is 0 Å². The van der Waals surface area contributed by atoms with Crippen molar-refractivity contribution < 1.29 is 13.5 Å². The van der Waals surface area contributed by atoms with Gasteiger partial charge in [-0.25, -0.2) is 18.6 Å². The van der Waals surface area contributed by atoms with E-state index in [0.717, 1.165) is 11.1 Å². The first-order chi connectivity index (χ1) is 16.2. The van der Waals surface area contributed by atoms with Crippen molar-refractivity contribution in [3.63, 3.8) is 0 Å². The van der Waals surface area contributed by atoms with Gasteiger partial charge in [-0.1, -0.05) is 6.07 Å². The molecule has 9 heteroatoms. The molecular formula is C25H27F2N5O2. The topological polar surface area (TPSA) is 65.2 Å². The molecule has 1 aromatic carbocycles. The lowest BCUT2D eigenvalue weighted by Crippen LogP contribution is -2.52. The highest BCUT2D eigenvalue weighted by Gasteiger charge is 2.47. The third-order valence-electron chi connectivity index (χ3n) is 6.83. The van der Waals surface area contributed by atoms with Crippen LogP contribution < -0.4 is 10.4 Å². The van der Waals surface area contributed by atoms with Crippen LogP contribution in [0, 0.1) is 0 Å². The number of methoxy groups -OCH3 is 1. The van der Waals surface area contributed by atoms with Crippen molar-refractivity contribution in [2.75, 3.05) is 20.2 Å². The fourth-order valence-electron chi connectivity index (χ4n) is 4.88. The van der Waals surface area contributed by atoms with Gasteiger partial charge in [0, 0.05) is 42.8 Å². The molecule has 0 amide bonds. The first-order valence-electron chi connectivity index (χ1n) is 11.3. The van der Waals surface area contributed by atoms with Crippen molar-refractivity contribution in [3.05, 3.63) is 53.2 Å². The Kier molecular flexibility index (Phi) is 5.39. The molecule has 34 heavy (non-hydrogen) atoms. The smallest absolute Gasteiger partial charge is 0.329 e. The fourth-order valence-corrected chi connectivity index (χ4v) is 4.88. The van der Waals surface area contributed by atoms with Crippen LogP contribution in [0.4, 0.5) is 8.78 Å². The normalized spacial score (nSPS) is 18.7. The van der Waals surface area contributed by atoms with E-state index in [0.29, 0.717) is 34.4 Å². The number of nitrogens with zero attached hydrogens (tertiary/aromatic N) is 5. The van der Waals surface area contributed by atoms with Crippen LogP contribution in [0.1, 0.15) is 26.3 Å². The third kappa shape index (κ3) is 3.55. The summed E-state index contributed by atoms with van der Waals surface area (Å²) in [4.78, 5) is 23.8. The summed E-state index contributed by atoms with van der Waals surface area (Å²) in [5.74, 6) is -2.55. The Labute approximate surface area is 195 Å². The molecule has 1 atom stereocenters. The van der Waals surface area contributed by atoms with E-state index in [2.05, 4.69) is 9.97 Å². The van der Waals surface area contributed by atoms with Gasteiger partial charge in [-0.05, 0) is 44.0 Å². The van der Waals surface area contributed by atoms with E-state index in [1.165, 1.54) is 9.13 Å². The second-order valence-electron chi connectivity index (χ2n) is 9.15. The molecule has 178 valence electrons. The molecule has 0 spiro atoms. The molecule has 0 N–H and O–H groups in total. The number of fused-ring (bicyclic) bond motifs is 3. The zero-order valence-corrected chi connectivity index (χ0v) is 19.6. The summed E-state index contributed by atoms with van der Waals surface area (Å²) >= 11 is 0. The first kappa shape index (κ1) is 22.5. The van der Waals surface area contributed by atoms with E-state index < -0.39 is 17.7 Å². The number of likely N-dealkylation sites (tertiary alicyclic amines) is 1. The molecule has 1 saturated heterocycles. The average Bonchev–Trinajstić information content (AvgIpc) is 3.08. The number of rotatable bonds is 4. The van der Waals surface area contributed by atoms with Gasteiger partial charge in [-0.15, -0.1) is 0 Å². The van der Waals surface area contributed by atoms with Crippen LogP contribution >= 0.6 is 0 Å². The van der Waals surface area contributed by atoms with E-state index >= 15 is 8.78 Å². The molecule has 1 aliphatic rings. The number of halogens is 2. The van der Waals surface area contributed by atoms with Crippen LogP contribution in [0.3, 0.4) is 0 Å². The first-order valence-corrected chi connectivity index (χ1v) is 11.3. The highest BCUT2D eigenvalue weighted by Crippen LogP contribution is 2.39. The van der Waals surface area contributed by atoms with Crippen molar-refractivity contribution in [1.29, 1.82) is 0 Å². The van der Waals surface area contributed by atoms with E-state index in [9.17, 15) is 4.79 Å². The lowest BCUT2D eigenvalue weighted by atomic mass is 9.98. The number of hydrogen-bond donors (Lipinski definition) is 0. The number of benzene rings is 1. The predicted molar refractivity (Wildman–Crippen MR) is 128 cm³/mol. The summed E-state index contributed by atoms with van der Waals surface area (Å²) in [7, 11) is 3.16. The van der Waals surface area contributed by atoms with Gasteiger partial charge in [0.15, 0.2) is 0 Å². The minimum absolute atomic E-state index is 0.0155. The van der Waals surface area contributed by atoms with Gasteiger partial charge >= 0.3 is 5.69 Å². The zero-order valence-electron chi connectivity index (χ0n) is 19.6. The van der Waals surface area contributed by atoms with Crippen molar-refractivity contribution in [2.24, 2.45) is 7.05 Å². The number of hydrogen-bond acceptors (Lipinski definition) is 5. The molecule has 7 nitrogen and oxygen atoms in total. The Morgan fingerprint density at radius 2 is 1.88 bits per heavy atom. The second-order valence-corrected chi connectivity index (χ2v) is 9.15. The average molecular weight is 468 g/mol. The van der Waals surface area contributed by atoms with E-state index in [4.69, 9.17) is 4.74 Å². The van der Waals surface area contributed by atoms with Crippen LogP contribution in [-0.4, -0.2) is 56.2 Å². The molecule has 3 aromatic heterocycles. The lowest BCUT2D eigenvalue weighted by molar-refractivity contribution is -0.109. The van der Waals surface area contributed by atoms with Crippen molar-refractivity contribution in [2.45, 2.75) is 38.3 Å². The maximum absolute atomic E-state index is 15.5. The van der Waals surface area contributed by atoms with Crippen LogP contribution in [-0.2, 0) is 7.05 Å². The summed E-state index contributed by atoms with van der Waals surface area (Å²) < 4.78 is 38.7. The van der Waals surface area contributed by atoms with Crippen LogP contribution in [0.15, 0.2) is 47.5 Å². The number of ether oxygens (including phenoxy) is 1. The summed E-state index contributed by atoms with van der Waals surface area (Å²) in [6, 6.07) is 8.08. The summed E-state index contributed by atoms with van der Waals surface area (Å²) in [6.07, 6.45) is 3.48. The minimum Gasteiger partial charge on any atom is -0.481 e. The number of aryl methyl sites for hydroxylation is 1. The number of aromatic nitrogens is 4. The highest BCUT2D eigenvalue weighted by molar-refractivity contribution is 6.04. The van der Waals surface area contributed by atoms with Crippen molar-refractivity contribution in [3.8, 4) is 17.0 Å². The quantitative estimate of drug-likeness (QED) is 0.449. The van der Waals surface area contributed by atoms with Crippen LogP contribution in [0.5, 0.6) is 5.88 Å². The van der Waals surface area contributed by atoms with E-state index in [-0.39, 0.29) is 19.0 Å². The second kappa shape index (κ2) is 8.16. The Balaban J connectivity index is 1.71. The van der Waals surface area contributed by atoms with Crippen molar-refractivity contribution >= 4 is 21.9 Å². The van der Waals surface area contributed by atoms with Gasteiger partial charge < -0.3 is 4.74 Å². The molecule has 4 heterocycles. The predicted octanol–water partition coefficient (Wildman–Crippen LogP) is 4.25. The fraction of sp³-hybridized carbons (Fsp3) is 0.400. The Morgan fingerprint density at radius 1 is 1.12 bits per heavy atom. The summed E-state index contributed by atoms with van der Waals surface area (Å²) in [5.41, 5.74) is 2.90. The molecule has 0 radical (unpaired) electrons. The maximum atomic E-state index is 15.5. The van der Waals surface area contributed by atoms with Gasteiger partial charge in [0.25, 0.3) is 5.92 Å². The van der Waals surface area contributed by atoms with Gasteiger partial charge in [0.1, 0.15) is 6.04 Å². The molecule has 0 bridgehead atoms. The SMILES string of the molecule is COc1ccc(-c2ccc3ncc4c(c3c2)n(C2CCN(C(C)C)CC2(F)F)c(=O)n4C)cn1. The Bertz CT molecular complexity index is 1430. The molecule has 1 aliphatic heterocycles. The summed E-state index contributed by atoms with van der Waals surface area (Å²) in [5, 5.41) is 0.658. The molecular weight excluding hydrogens is 440 g/mol. The Hall–Kier alpha value is -3.33. The number of piperidine rings is 1. The number of alkyl halides is 2. The van der Waals surface area contributed by atoms with Gasteiger partial charge in [-0.2, -0.15) is 0 Å². The van der Waals surface area contributed by atoms with E-state index in [1.807, 2.05) is 38.1 Å². The molecule has 1 fully saturated rings. The minimum atomic E-state index is -3.05. The molecule has 5 rings (SSSR count). The molecule has 0 aliphatic carbocycles. The summed E-state index contributed by atoms with van der Waals surface area (Å²) in [6.45, 7) is 3.96. The molecule has 4 aromatic rings. The number of imidazole rings is 1. The Morgan fingerprint density at radius 3 is 2.53 bits per heavy atom. The standard InChI is InChI=1S/C25H27F2N5O2/c1-15(2)31-10-9-21(25(26,27)14-31)32-23-18-11-16(17-6-8-22(34-4)29-12-17)5-7-19(18)28-13-20(23)30(3)24(32)33/h5-8,11-13,15,21H,9-10,14H2,1-4H3. The largest absolute Gasteiger partial charge is 0.481 e. The van der Waals surface area contributed by atoms with Gasteiger partial charge in [0.2, 0.25) is 5.88 Å². The lowest BCUT2D eigenvalue weighted by Gasteiger charge is -2.40. The highest BCUT2D eigenvalue weighted by atomic mass is 19.3. The van der Waals surface area contributed by atoms with Crippen LogP contribution in [0.25, 0.3) is 33.1 Å². The zero-order chi connectivity index (χ0) is 24.2. The monoisotopic (exact) mass is 467 g/mol. The van der Waals surface area contributed by atoms with E-state index in [1.54, 1.807) is 37.5 Å². The van der Waals surface area contributed by atoms with Gasteiger partial charge in [-0.3, -0.25) is 19.0 Å². The molecule has 1 unspecified atom stereocenters. The maximum Gasteiger partial charge on any atom is 0.329 e. The molecule has 0 saturated carbocycles. The third-order valence-corrected chi connectivity index (χ3v) is 6.83. The van der Waals surface area contributed by atoms with Gasteiger partial charge in [0.05, 0.1) is 36.4 Å².